The number of ether oxygens (including phenoxy) is 2. The maximum atomic E-state index is 14.7. The van der Waals surface area contributed by atoms with Crippen LogP contribution in [-0.4, -0.2) is 60.0 Å². The highest BCUT2D eigenvalue weighted by Gasteiger charge is 2.34. The first-order chi connectivity index (χ1) is 14.8. The maximum Gasteiger partial charge on any atom is 0.414 e. The number of carbonyl (C=O) groups is 1. The number of sulfonamides is 1. The number of hydrogen-bond acceptors (Lipinski definition) is 6. The number of halogens is 2. The summed E-state index contributed by atoms with van der Waals surface area (Å²) in [5, 5.41) is 0. The van der Waals surface area contributed by atoms with Gasteiger partial charge in [0, 0.05) is 19.6 Å². The van der Waals surface area contributed by atoms with Gasteiger partial charge in [-0.05, 0) is 36.4 Å². The third-order valence-corrected chi connectivity index (χ3v) is 6.50. The SMILES string of the molecule is O=C1OC(CNS(=O)(=O)c2cccc(F)c2)CN1c1ccc(N2CCOCC2)c(F)c1. The van der Waals surface area contributed by atoms with Crippen molar-refractivity contribution >= 4 is 27.5 Å². The summed E-state index contributed by atoms with van der Waals surface area (Å²) in [4.78, 5) is 15.1. The van der Waals surface area contributed by atoms with Gasteiger partial charge in [0.25, 0.3) is 0 Å². The van der Waals surface area contributed by atoms with Crippen LogP contribution in [0.4, 0.5) is 25.0 Å². The molecule has 166 valence electrons. The van der Waals surface area contributed by atoms with E-state index in [4.69, 9.17) is 9.47 Å². The summed E-state index contributed by atoms with van der Waals surface area (Å²) in [5.41, 5.74) is 0.744. The molecule has 31 heavy (non-hydrogen) atoms. The van der Waals surface area contributed by atoms with E-state index in [1.165, 1.54) is 23.1 Å². The third kappa shape index (κ3) is 4.78. The Bertz CT molecular complexity index is 1080. The zero-order valence-electron chi connectivity index (χ0n) is 16.5. The van der Waals surface area contributed by atoms with Crippen LogP contribution in [-0.2, 0) is 19.5 Å². The minimum Gasteiger partial charge on any atom is -0.443 e. The molecule has 11 heteroatoms. The van der Waals surface area contributed by atoms with Crippen LogP contribution in [0.2, 0.25) is 0 Å². The molecule has 1 amide bonds. The molecular formula is C20H21F2N3O5S. The lowest BCUT2D eigenvalue weighted by atomic mass is 10.2. The predicted molar refractivity (Wildman–Crippen MR) is 109 cm³/mol. The van der Waals surface area contributed by atoms with Gasteiger partial charge in [-0.25, -0.2) is 26.7 Å². The van der Waals surface area contributed by atoms with Crippen molar-refractivity contribution in [2.24, 2.45) is 0 Å². The first-order valence-corrected chi connectivity index (χ1v) is 11.2. The van der Waals surface area contributed by atoms with Crippen molar-refractivity contribution < 1.29 is 31.5 Å². The number of nitrogens with zero attached hydrogens (tertiary/aromatic N) is 2. The number of rotatable bonds is 6. The molecule has 2 aromatic rings. The fourth-order valence-electron chi connectivity index (χ4n) is 3.48. The molecule has 1 unspecified atom stereocenters. The summed E-state index contributed by atoms with van der Waals surface area (Å²) in [5.74, 6) is -1.15. The second kappa shape index (κ2) is 8.77. The fraction of sp³-hybridized carbons (Fsp3) is 0.350. The molecule has 2 saturated heterocycles. The number of cyclic esters (lactones) is 1. The van der Waals surface area contributed by atoms with Gasteiger partial charge in [0.05, 0.1) is 36.0 Å². The Kier molecular flexibility index (Phi) is 6.08. The summed E-state index contributed by atoms with van der Waals surface area (Å²) < 4.78 is 65.4. The highest BCUT2D eigenvalue weighted by atomic mass is 32.2. The van der Waals surface area contributed by atoms with E-state index in [-0.39, 0.29) is 18.0 Å². The maximum absolute atomic E-state index is 14.7. The number of anilines is 2. The molecule has 2 aliphatic rings. The minimum atomic E-state index is -3.97. The number of morpholine rings is 1. The zero-order valence-corrected chi connectivity index (χ0v) is 17.3. The normalized spacial score (nSPS) is 19.5. The Morgan fingerprint density at radius 2 is 1.87 bits per heavy atom. The molecular weight excluding hydrogens is 432 g/mol. The van der Waals surface area contributed by atoms with E-state index in [0.29, 0.717) is 37.7 Å². The Hall–Kier alpha value is -2.76. The van der Waals surface area contributed by atoms with Gasteiger partial charge >= 0.3 is 6.09 Å². The largest absolute Gasteiger partial charge is 0.443 e. The van der Waals surface area contributed by atoms with Crippen LogP contribution in [0.1, 0.15) is 0 Å². The smallest absolute Gasteiger partial charge is 0.414 e. The lowest BCUT2D eigenvalue weighted by molar-refractivity contribution is 0.122. The highest BCUT2D eigenvalue weighted by molar-refractivity contribution is 7.89. The molecule has 0 aliphatic carbocycles. The highest BCUT2D eigenvalue weighted by Crippen LogP contribution is 2.28. The molecule has 0 aromatic heterocycles. The first-order valence-electron chi connectivity index (χ1n) is 9.69. The van der Waals surface area contributed by atoms with E-state index in [1.807, 2.05) is 4.90 Å². The van der Waals surface area contributed by atoms with E-state index < -0.39 is 33.9 Å². The molecule has 1 atom stereocenters. The Balaban J connectivity index is 1.40. The topological polar surface area (TPSA) is 88.2 Å². The molecule has 0 spiro atoms. The Labute approximate surface area is 178 Å². The lowest BCUT2D eigenvalue weighted by Gasteiger charge is -2.29. The van der Waals surface area contributed by atoms with Crippen LogP contribution < -0.4 is 14.5 Å². The molecule has 2 fully saturated rings. The van der Waals surface area contributed by atoms with Crippen LogP contribution in [0.15, 0.2) is 47.4 Å². The van der Waals surface area contributed by atoms with Gasteiger partial charge in [0.2, 0.25) is 10.0 Å². The zero-order chi connectivity index (χ0) is 22.0. The van der Waals surface area contributed by atoms with Crippen molar-refractivity contribution in [2.75, 3.05) is 49.2 Å². The van der Waals surface area contributed by atoms with E-state index in [1.54, 1.807) is 12.1 Å². The first kappa shape index (κ1) is 21.5. The molecule has 0 radical (unpaired) electrons. The number of nitrogens with one attached hydrogen (secondary N) is 1. The number of carbonyl (C=O) groups excluding carboxylic acids is 1. The summed E-state index contributed by atoms with van der Waals surface area (Å²) in [6, 6.07) is 9.06. The molecule has 2 aromatic carbocycles. The quantitative estimate of drug-likeness (QED) is 0.721. The van der Waals surface area contributed by atoms with Gasteiger partial charge in [-0.2, -0.15) is 0 Å². The molecule has 4 rings (SSSR count). The van der Waals surface area contributed by atoms with E-state index in [0.717, 1.165) is 12.1 Å². The van der Waals surface area contributed by atoms with Crippen molar-refractivity contribution in [3.05, 3.63) is 54.1 Å². The van der Waals surface area contributed by atoms with Crippen LogP contribution in [0.5, 0.6) is 0 Å². The minimum absolute atomic E-state index is 0.0425. The second-order valence-electron chi connectivity index (χ2n) is 7.16. The molecule has 1 N–H and O–H groups in total. The van der Waals surface area contributed by atoms with Gasteiger partial charge in [-0.1, -0.05) is 6.07 Å². The van der Waals surface area contributed by atoms with Crippen molar-refractivity contribution in [1.29, 1.82) is 0 Å². The monoisotopic (exact) mass is 453 g/mol. The molecule has 2 aliphatic heterocycles. The van der Waals surface area contributed by atoms with Crippen molar-refractivity contribution in [1.82, 2.24) is 4.72 Å². The van der Waals surface area contributed by atoms with Crippen molar-refractivity contribution in [3.8, 4) is 0 Å². The van der Waals surface area contributed by atoms with Crippen molar-refractivity contribution in [3.63, 3.8) is 0 Å². The fourth-order valence-corrected chi connectivity index (χ4v) is 4.58. The second-order valence-corrected chi connectivity index (χ2v) is 8.93. The van der Waals surface area contributed by atoms with Crippen LogP contribution in [0, 0.1) is 11.6 Å². The Morgan fingerprint density at radius 1 is 1.10 bits per heavy atom. The number of amides is 1. The number of benzene rings is 2. The van der Waals surface area contributed by atoms with Crippen LogP contribution >= 0.6 is 0 Å². The predicted octanol–water partition coefficient (Wildman–Crippen LogP) is 2.11. The average Bonchev–Trinajstić information content (AvgIpc) is 3.13. The van der Waals surface area contributed by atoms with Gasteiger partial charge in [0.1, 0.15) is 17.7 Å². The average molecular weight is 453 g/mol. The van der Waals surface area contributed by atoms with Gasteiger partial charge in [-0.15, -0.1) is 0 Å². The summed E-state index contributed by atoms with van der Waals surface area (Å²) in [7, 11) is -3.97. The molecule has 8 nitrogen and oxygen atoms in total. The summed E-state index contributed by atoms with van der Waals surface area (Å²) >= 11 is 0. The van der Waals surface area contributed by atoms with E-state index >= 15 is 0 Å². The van der Waals surface area contributed by atoms with Gasteiger partial charge in [-0.3, -0.25) is 4.90 Å². The summed E-state index contributed by atoms with van der Waals surface area (Å²) in [6.07, 6.45) is -1.48. The third-order valence-electron chi connectivity index (χ3n) is 5.08. The van der Waals surface area contributed by atoms with Crippen molar-refractivity contribution in [2.45, 2.75) is 11.0 Å². The van der Waals surface area contributed by atoms with E-state index in [2.05, 4.69) is 4.72 Å². The standard InChI is InChI=1S/C20H21F2N3O5S/c21-14-2-1-3-17(10-14)31(27,28)23-12-16-13-25(20(26)30-16)15-4-5-19(18(22)11-15)24-6-8-29-9-7-24/h1-5,10-11,16,23H,6-9,12-13H2. The summed E-state index contributed by atoms with van der Waals surface area (Å²) in [6.45, 7) is 2.04. The number of hydrogen-bond donors (Lipinski definition) is 1. The molecule has 0 saturated carbocycles. The van der Waals surface area contributed by atoms with Crippen LogP contribution in [0.25, 0.3) is 0 Å². The lowest BCUT2D eigenvalue weighted by Crippen LogP contribution is -2.37. The molecule has 0 bridgehead atoms. The van der Waals surface area contributed by atoms with Gasteiger partial charge in [0.15, 0.2) is 0 Å². The molecule has 2 heterocycles. The Morgan fingerprint density at radius 3 is 2.58 bits per heavy atom. The van der Waals surface area contributed by atoms with E-state index in [9.17, 15) is 22.0 Å². The van der Waals surface area contributed by atoms with Gasteiger partial charge < -0.3 is 14.4 Å². The van der Waals surface area contributed by atoms with Crippen LogP contribution in [0.3, 0.4) is 0 Å².